The molecule has 5 nitrogen and oxygen atoms in total. The molecule has 1 heterocycles. The van der Waals surface area contributed by atoms with Crippen LogP contribution in [0.4, 0.5) is 11.4 Å². The van der Waals surface area contributed by atoms with E-state index < -0.39 is 10.0 Å². The highest BCUT2D eigenvalue weighted by atomic mass is 32.2. The summed E-state index contributed by atoms with van der Waals surface area (Å²) >= 11 is 1.49. The van der Waals surface area contributed by atoms with Gasteiger partial charge in [-0.25, -0.2) is 8.42 Å². The highest BCUT2D eigenvalue weighted by Crippen LogP contribution is 2.32. The molecule has 0 spiro atoms. The van der Waals surface area contributed by atoms with Crippen LogP contribution in [0, 0.1) is 0 Å². The van der Waals surface area contributed by atoms with E-state index in [4.69, 9.17) is 0 Å². The molecule has 0 radical (unpaired) electrons. The minimum Gasteiger partial charge on any atom is -0.312 e. The Morgan fingerprint density at radius 1 is 1.24 bits per heavy atom. The Balaban J connectivity index is 1.91. The van der Waals surface area contributed by atoms with E-state index in [2.05, 4.69) is 4.72 Å². The predicted octanol–water partition coefficient (Wildman–Crippen LogP) is 3.51. The Morgan fingerprint density at radius 2 is 2.00 bits per heavy atom. The molecule has 2 aromatic rings. The molecular weight excluding hydrogens is 356 g/mol. The van der Waals surface area contributed by atoms with E-state index in [1.807, 2.05) is 25.3 Å². The molecule has 0 atom stereocenters. The minimum absolute atomic E-state index is 0.0568. The Kier molecular flexibility index (Phi) is 5.06. The molecule has 0 aliphatic carbocycles. The maximum atomic E-state index is 12.7. The number of amides is 1. The summed E-state index contributed by atoms with van der Waals surface area (Å²) in [5.74, 6) is 0.0568. The number of para-hydroxylation sites is 1. The zero-order valence-electron chi connectivity index (χ0n) is 14.2. The number of nitrogens with zero attached hydrogens (tertiary/aromatic N) is 1. The van der Waals surface area contributed by atoms with Crippen LogP contribution in [0.5, 0.6) is 0 Å². The highest BCUT2D eigenvalue weighted by Gasteiger charge is 2.26. The number of rotatable bonds is 5. The van der Waals surface area contributed by atoms with Gasteiger partial charge in [0.05, 0.1) is 10.6 Å². The number of thioether (sulfide) groups is 1. The number of hydrogen-bond acceptors (Lipinski definition) is 4. The molecule has 1 aliphatic heterocycles. The van der Waals surface area contributed by atoms with Crippen molar-refractivity contribution in [3.63, 3.8) is 0 Å². The summed E-state index contributed by atoms with van der Waals surface area (Å²) in [4.78, 5) is 14.8. The summed E-state index contributed by atoms with van der Waals surface area (Å²) in [7, 11) is -3.68. The molecule has 2 aromatic carbocycles. The van der Waals surface area contributed by atoms with E-state index in [0.29, 0.717) is 25.1 Å². The zero-order valence-corrected chi connectivity index (χ0v) is 15.8. The standard InChI is InChI=1S/C18H20N2O3S2/c1-3-18(21)20-11-10-13-12-14(8-9-16(13)20)25(22,23)19-15-6-4-5-7-17(15)24-2/h4-9,12,19H,3,10-11H2,1-2H3. The summed E-state index contributed by atoms with van der Waals surface area (Å²) < 4.78 is 28.1. The summed E-state index contributed by atoms with van der Waals surface area (Å²) in [5, 5.41) is 0. The summed E-state index contributed by atoms with van der Waals surface area (Å²) in [6, 6.07) is 12.3. The van der Waals surface area contributed by atoms with E-state index >= 15 is 0 Å². The van der Waals surface area contributed by atoms with Gasteiger partial charge in [0.1, 0.15) is 0 Å². The van der Waals surface area contributed by atoms with Crippen molar-refractivity contribution in [3.8, 4) is 0 Å². The second-order valence-electron chi connectivity index (χ2n) is 5.75. The van der Waals surface area contributed by atoms with Crippen LogP contribution in [-0.4, -0.2) is 27.1 Å². The topological polar surface area (TPSA) is 66.5 Å². The first kappa shape index (κ1) is 17.8. The molecule has 0 saturated carbocycles. The van der Waals surface area contributed by atoms with Gasteiger partial charge < -0.3 is 4.90 Å². The lowest BCUT2D eigenvalue weighted by Crippen LogP contribution is -2.27. The van der Waals surface area contributed by atoms with Crippen molar-refractivity contribution in [2.24, 2.45) is 0 Å². The smallest absolute Gasteiger partial charge is 0.261 e. The quantitative estimate of drug-likeness (QED) is 0.811. The lowest BCUT2D eigenvalue weighted by atomic mass is 10.2. The van der Waals surface area contributed by atoms with Crippen molar-refractivity contribution in [3.05, 3.63) is 48.0 Å². The average molecular weight is 377 g/mol. The summed E-state index contributed by atoms with van der Waals surface area (Å²) in [6.45, 7) is 2.43. The number of carbonyl (C=O) groups excluding carboxylic acids is 1. The van der Waals surface area contributed by atoms with Crippen molar-refractivity contribution in [2.45, 2.75) is 29.6 Å². The lowest BCUT2D eigenvalue weighted by molar-refractivity contribution is -0.118. The van der Waals surface area contributed by atoms with Gasteiger partial charge in [-0.05, 0) is 48.6 Å². The van der Waals surface area contributed by atoms with E-state index in [1.165, 1.54) is 11.8 Å². The van der Waals surface area contributed by atoms with Crippen LogP contribution in [0.25, 0.3) is 0 Å². The molecule has 132 valence electrons. The number of carbonyl (C=O) groups is 1. The fourth-order valence-electron chi connectivity index (χ4n) is 2.93. The highest BCUT2D eigenvalue weighted by molar-refractivity contribution is 7.99. The van der Waals surface area contributed by atoms with Gasteiger partial charge in [-0.1, -0.05) is 19.1 Å². The monoisotopic (exact) mass is 376 g/mol. The van der Waals surface area contributed by atoms with Crippen LogP contribution >= 0.6 is 11.8 Å². The number of hydrogen-bond donors (Lipinski definition) is 1. The molecule has 0 fully saturated rings. The number of fused-ring (bicyclic) bond motifs is 1. The molecule has 0 aromatic heterocycles. The second kappa shape index (κ2) is 7.09. The molecule has 0 bridgehead atoms. The van der Waals surface area contributed by atoms with Crippen LogP contribution in [-0.2, 0) is 21.2 Å². The van der Waals surface area contributed by atoms with Gasteiger partial charge in [-0.2, -0.15) is 0 Å². The van der Waals surface area contributed by atoms with Crippen molar-refractivity contribution in [1.82, 2.24) is 0 Å². The van der Waals surface area contributed by atoms with Gasteiger partial charge in [0.2, 0.25) is 5.91 Å². The molecular formula is C18H20N2O3S2. The van der Waals surface area contributed by atoms with Crippen molar-refractivity contribution >= 4 is 39.1 Å². The van der Waals surface area contributed by atoms with Gasteiger partial charge >= 0.3 is 0 Å². The average Bonchev–Trinajstić information content (AvgIpc) is 3.04. The van der Waals surface area contributed by atoms with Crippen LogP contribution in [0.1, 0.15) is 18.9 Å². The van der Waals surface area contributed by atoms with E-state index in [0.717, 1.165) is 16.1 Å². The van der Waals surface area contributed by atoms with Gasteiger partial charge in [0.15, 0.2) is 0 Å². The second-order valence-corrected chi connectivity index (χ2v) is 8.28. The number of sulfonamides is 1. The van der Waals surface area contributed by atoms with Gasteiger partial charge in [0.25, 0.3) is 10.0 Å². The van der Waals surface area contributed by atoms with E-state index in [9.17, 15) is 13.2 Å². The van der Waals surface area contributed by atoms with E-state index in [1.54, 1.807) is 35.2 Å². The Bertz CT molecular complexity index is 910. The molecule has 1 amide bonds. The fourth-order valence-corrected chi connectivity index (χ4v) is 4.68. The van der Waals surface area contributed by atoms with Crippen molar-refractivity contribution < 1.29 is 13.2 Å². The van der Waals surface area contributed by atoms with Crippen molar-refractivity contribution in [2.75, 3.05) is 22.4 Å². The number of anilines is 2. The fraction of sp³-hybridized carbons (Fsp3) is 0.278. The summed E-state index contributed by atoms with van der Waals surface area (Å²) in [6.07, 6.45) is 3.01. The molecule has 3 rings (SSSR count). The van der Waals surface area contributed by atoms with Gasteiger partial charge in [-0.15, -0.1) is 11.8 Å². The first-order valence-electron chi connectivity index (χ1n) is 8.05. The van der Waals surface area contributed by atoms with Gasteiger partial charge in [-0.3, -0.25) is 9.52 Å². The Morgan fingerprint density at radius 3 is 2.72 bits per heavy atom. The van der Waals surface area contributed by atoms with Crippen LogP contribution in [0.15, 0.2) is 52.3 Å². The largest absolute Gasteiger partial charge is 0.312 e. The number of benzene rings is 2. The maximum Gasteiger partial charge on any atom is 0.261 e. The van der Waals surface area contributed by atoms with Gasteiger partial charge in [0, 0.05) is 23.5 Å². The molecule has 0 saturated heterocycles. The van der Waals surface area contributed by atoms with E-state index in [-0.39, 0.29) is 10.8 Å². The Hall–Kier alpha value is -1.99. The number of nitrogens with one attached hydrogen (secondary N) is 1. The predicted molar refractivity (Wildman–Crippen MR) is 102 cm³/mol. The van der Waals surface area contributed by atoms with Crippen molar-refractivity contribution in [1.29, 1.82) is 0 Å². The third-order valence-corrected chi connectivity index (χ3v) is 6.37. The molecule has 0 unspecified atom stereocenters. The third-order valence-electron chi connectivity index (χ3n) is 4.21. The lowest BCUT2D eigenvalue weighted by Gasteiger charge is -2.17. The first-order valence-corrected chi connectivity index (χ1v) is 10.8. The van der Waals surface area contributed by atoms with Crippen LogP contribution < -0.4 is 9.62 Å². The molecule has 1 aliphatic rings. The molecule has 7 heteroatoms. The molecule has 1 N–H and O–H groups in total. The SMILES string of the molecule is CCC(=O)N1CCc2cc(S(=O)(=O)Nc3ccccc3SC)ccc21. The third kappa shape index (κ3) is 3.52. The Labute approximate surface area is 152 Å². The maximum absolute atomic E-state index is 12.7. The van der Waals surface area contributed by atoms with Crippen LogP contribution in [0.3, 0.4) is 0 Å². The van der Waals surface area contributed by atoms with Crippen LogP contribution in [0.2, 0.25) is 0 Å². The molecule has 25 heavy (non-hydrogen) atoms. The zero-order chi connectivity index (χ0) is 18.0. The summed E-state index contributed by atoms with van der Waals surface area (Å²) in [5.41, 5.74) is 2.27. The first-order chi connectivity index (χ1) is 12.0. The minimum atomic E-state index is -3.68. The normalized spacial score (nSPS) is 13.6.